The van der Waals surface area contributed by atoms with Crippen molar-refractivity contribution in [2.45, 2.75) is 6.42 Å². The fourth-order valence-electron chi connectivity index (χ4n) is 2.06. The van der Waals surface area contributed by atoms with Gasteiger partial charge in [0.2, 0.25) is 0 Å². The highest BCUT2D eigenvalue weighted by molar-refractivity contribution is 14.1. The molecular weight excluding hydrogens is 380 g/mol. The number of hydrogen-bond acceptors (Lipinski definition) is 2. The number of carbonyl (C=O) groups excluding carboxylic acids is 1. The molecule has 21 heavy (non-hydrogen) atoms. The number of nitrogens with zero attached hydrogens (tertiary/aromatic N) is 1. The summed E-state index contributed by atoms with van der Waals surface area (Å²) in [6.07, 6.45) is 0.909. The van der Waals surface area contributed by atoms with Crippen LogP contribution in [0.2, 0.25) is 0 Å². The maximum absolute atomic E-state index is 12.8. The third-order valence-corrected chi connectivity index (χ3v) is 4.35. The Hall–Kier alpha value is -1.27. The molecule has 2 aromatic carbocycles. The average Bonchev–Trinajstić information content (AvgIpc) is 2.47. The Balaban J connectivity index is 1.87. The van der Waals surface area contributed by atoms with Crippen molar-refractivity contribution in [1.82, 2.24) is 4.90 Å². The Kier molecular flexibility index (Phi) is 5.87. The van der Waals surface area contributed by atoms with Crippen molar-refractivity contribution in [2.24, 2.45) is 0 Å². The summed E-state index contributed by atoms with van der Waals surface area (Å²) in [4.78, 5) is 14.1. The van der Waals surface area contributed by atoms with E-state index in [4.69, 9.17) is 0 Å². The largest absolute Gasteiger partial charge is 0.299 e. The standard InChI is InChI=1S/C17H17FINO/c1-20(11-10-13-4-2-3-5-16(13)19)12-17(21)14-6-8-15(18)9-7-14/h2-9H,10-12H2,1H3. The first-order valence-electron chi connectivity index (χ1n) is 6.77. The maximum atomic E-state index is 12.8. The Morgan fingerprint density at radius 1 is 1.14 bits per heavy atom. The van der Waals surface area contributed by atoms with Crippen LogP contribution in [0, 0.1) is 9.39 Å². The van der Waals surface area contributed by atoms with Gasteiger partial charge in [0, 0.05) is 15.7 Å². The van der Waals surface area contributed by atoms with Crippen LogP contribution in [-0.2, 0) is 6.42 Å². The zero-order valence-corrected chi connectivity index (χ0v) is 14.0. The molecule has 0 aromatic heterocycles. The van der Waals surface area contributed by atoms with E-state index in [2.05, 4.69) is 34.7 Å². The third-order valence-electron chi connectivity index (χ3n) is 3.30. The second kappa shape index (κ2) is 7.66. The molecule has 0 fully saturated rings. The number of benzene rings is 2. The monoisotopic (exact) mass is 397 g/mol. The zero-order valence-electron chi connectivity index (χ0n) is 11.9. The van der Waals surface area contributed by atoms with Gasteiger partial charge in [0.15, 0.2) is 5.78 Å². The molecule has 0 N–H and O–H groups in total. The molecule has 0 saturated carbocycles. The summed E-state index contributed by atoms with van der Waals surface area (Å²) >= 11 is 2.32. The maximum Gasteiger partial charge on any atom is 0.176 e. The fourth-order valence-corrected chi connectivity index (χ4v) is 2.72. The minimum absolute atomic E-state index is 0.0141. The highest BCUT2D eigenvalue weighted by atomic mass is 127. The van der Waals surface area contributed by atoms with Gasteiger partial charge in [0.1, 0.15) is 5.82 Å². The summed E-state index contributed by atoms with van der Waals surface area (Å²) < 4.78 is 14.1. The summed E-state index contributed by atoms with van der Waals surface area (Å²) in [6, 6.07) is 13.9. The SMILES string of the molecule is CN(CCc1ccccc1I)CC(=O)c1ccc(F)cc1. The lowest BCUT2D eigenvalue weighted by Gasteiger charge is -2.16. The minimum atomic E-state index is -0.321. The van der Waals surface area contributed by atoms with Crippen molar-refractivity contribution in [1.29, 1.82) is 0 Å². The van der Waals surface area contributed by atoms with Crippen LogP contribution >= 0.6 is 22.6 Å². The summed E-state index contributed by atoms with van der Waals surface area (Å²) in [5.41, 5.74) is 1.84. The van der Waals surface area contributed by atoms with Crippen LogP contribution in [0.25, 0.3) is 0 Å². The molecule has 0 radical (unpaired) electrons. The van der Waals surface area contributed by atoms with Gasteiger partial charge in [-0.15, -0.1) is 0 Å². The van der Waals surface area contributed by atoms with Crippen LogP contribution in [0.4, 0.5) is 4.39 Å². The van der Waals surface area contributed by atoms with Crippen LogP contribution in [0.5, 0.6) is 0 Å². The predicted octanol–water partition coefficient (Wildman–Crippen LogP) is 3.79. The van der Waals surface area contributed by atoms with Crippen LogP contribution in [0.1, 0.15) is 15.9 Å². The third kappa shape index (κ3) is 4.89. The molecular formula is C17H17FINO. The number of Topliss-reactive ketones (excluding diaryl/α,β-unsaturated/α-hetero) is 1. The molecule has 0 saturated heterocycles. The first kappa shape index (κ1) is 16.1. The average molecular weight is 397 g/mol. The first-order valence-corrected chi connectivity index (χ1v) is 7.85. The molecule has 4 heteroatoms. The number of carbonyl (C=O) groups is 1. The first-order chi connectivity index (χ1) is 10.1. The molecule has 0 atom stereocenters. The molecule has 0 unspecified atom stereocenters. The number of ketones is 1. The van der Waals surface area contributed by atoms with E-state index < -0.39 is 0 Å². The molecule has 0 heterocycles. The number of likely N-dealkylation sites (N-methyl/N-ethyl adjacent to an activating group) is 1. The molecule has 110 valence electrons. The summed E-state index contributed by atoms with van der Waals surface area (Å²) in [5.74, 6) is -0.307. The van der Waals surface area contributed by atoms with Crippen molar-refractivity contribution in [2.75, 3.05) is 20.1 Å². The lowest BCUT2D eigenvalue weighted by Crippen LogP contribution is -2.28. The topological polar surface area (TPSA) is 20.3 Å². The molecule has 2 nitrogen and oxygen atoms in total. The highest BCUT2D eigenvalue weighted by Crippen LogP contribution is 2.12. The lowest BCUT2D eigenvalue weighted by molar-refractivity contribution is 0.0947. The van der Waals surface area contributed by atoms with E-state index in [9.17, 15) is 9.18 Å². The number of halogens is 2. The second-order valence-corrected chi connectivity index (χ2v) is 6.17. The van der Waals surface area contributed by atoms with Gasteiger partial charge in [-0.1, -0.05) is 18.2 Å². The van der Waals surface area contributed by atoms with Gasteiger partial charge in [-0.25, -0.2) is 4.39 Å². The Morgan fingerprint density at radius 3 is 2.48 bits per heavy atom. The zero-order chi connectivity index (χ0) is 15.2. The quantitative estimate of drug-likeness (QED) is 0.546. The van der Waals surface area contributed by atoms with Gasteiger partial charge in [-0.3, -0.25) is 9.69 Å². The van der Waals surface area contributed by atoms with Gasteiger partial charge in [-0.2, -0.15) is 0 Å². The summed E-state index contributed by atoms with van der Waals surface area (Å²) in [7, 11) is 1.93. The molecule has 2 rings (SSSR count). The lowest BCUT2D eigenvalue weighted by atomic mass is 10.1. The van der Waals surface area contributed by atoms with E-state index in [1.807, 2.05) is 24.1 Å². The molecule has 0 aliphatic heterocycles. The Labute approximate surface area is 138 Å². The van der Waals surface area contributed by atoms with Crippen molar-refractivity contribution < 1.29 is 9.18 Å². The van der Waals surface area contributed by atoms with E-state index in [1.54, 1.807) is 0 Å². The van der Waals surface area contributed by atoms with E-state index >= 15 is 0 Å². The van der Waals surface area contributed by atoms with Gasteiger partial charge in [0.05, 0.1) is 6.54 Å². The van der Waals surface area contributed by atoms with Gasteiger partial charge < -0.3 is 0 Å². The van der Waals surface area contributed by atoms with Crippen molar-refractivity contribution in [3.63, 3.8) is 0 Å². The minimum Gasteiger partial charge on any atom is -0.299 e. The van der Waals surface area contributed by atoms with Crippen LogP contribution in [0.15, 0.2) is 48.5 Å². The molecule has 0 aliphatic rings. The van der Waals surface area contributed by atoms with Crippen molar-refractivity contribution >= 4 is 28.4 Å². The van der Waals surface area contributed by atoms with Gasteiger partial charge in [0.25, 0.3) is 0 Å². The van der Waals surface area contributed by atoms with E-state index in [0.29, 0.717) is 12.1 Å². The highest BCUT2D eigenvalue weighted by Gasteiger charge is 2.10. The molecule has 0 amide bonds. The smallest absolute Gasteiger partial charge is 0.176 e. The van der Waals surface area contributed by atoms with Crippen LogP contribution in [-0.4, -0.2) is 30.8 Å². The summed E-state index contributed by atoms with van der Waals surface area (Å²) in [6.45, 7) is 1.15. The van der Waals surface area contributed by atoms with Crippen molar-refractivity contribution in [3.8, 4) is 0 Å². The van der Waals surface area contributed by atoms with Crippen molar-refractivity contribution in [3.05, 3.63) is 69.0 Å². The predicted molar refractivity (Wildman–Crippen MR) is 91.1 cm³/mol. The van der Waals surface area contributed by atoms with Crippen LogP contribution in [0.3, 0.4) is 0 Å². The normalized spacial score (nSPS) is 10.9. The number of hydrogen-bond donors (Lipinski definition) is 0. The van der Waals surface area contributed by atoms with Gasteiger partial charge in [-0.05, 0) is 72.0 Å². The second-order valence-electron chi connectivity index (χ2n) is 5.01. The molecule has 0 bridgehead atoms. The summed E-state index contributed by atoms with van der Waals surface area (Å²) in [5, 5.41) is 0. The number of rotatable bonds is 6. The van der Waals surface area contributed by atoms with Crippen LogP contribution < -0.4 is 0 Å². The van der Waals surface area contributed by atoms with Gasteiger partial charge >= 0.3 is 0 Å². The Bertz CT molecular complexity index is 612. The fraction of sp³-hybridized carbons (Fsp3) is 0.235. The van der Waals surface area contributed by atoms with E-state index in [-0.39, 0.29) is 11.6 Å². The van der Waals surface area contributed by atoms with E-state index in [1.165, 1.54) is 33.4 Å². The van der Waals surface area contributed by atoms with E-state index in [0.717, 1.165) is 13.0 Å². The molecule has 2 aromatic rings. The Morgan fingerprint density at radius 2 is 1.81 bits per heavy atom. The molecule has 0 spiro atoms. The molecule has 0 aliphatic carbocycles.